The number of amides is 4. The van der Waals surface area contributed by atoms with Crippen molar-refractivity contribution >= 4 is 23.6 Å². The third-order valence-corrected chi connectivity index (χ3v) is 9.60. The van der Waals surface area contributed by atoms with Crippen LogP contribution >= 0.6 is 0 Å². The maximum atomic E-state index is 10.8. The van der Waals surface area contributed by atoms with Gasteiger partial charge < -0.3 is 44.2 Å². The third-order valence-electron chi connectivity index (χ3n) is 9.60. The highest BCUT2D eigenvalue weighted by molar-refractivity contribution is 5.78. The van der Waals surface area contributed by atoms with E-state index in [0.717, 1.165) is 51.9 Å². The molecule has 44 heavy (non-hydrogen) atoms. The Balaban J connectivity index is 0.000000293. The number of carbonyl (C=O) groups is 4. The first-order chi connectivity index (χ1) is 20.9. The molecule has 256 valence electrons. The second-order valence-corrected chi connectivity index (χ2v) is 13.0. The summed E-state index contributed by atoms with van der Waals surface area (Å²) < 4.78 is 0. The van der Waals surface area contributed by atoms with Gasteiger partial charge in [-0.15, -0.1) is 0 Å². The van der Waals surface area contributed by atoms with E-state index in [9.17, 15) is 19.2 Å². The first-order valence-electron chi connectivity index (χ1n) is 17.0. The number of piperidine rings is 4. The summed E-state index contributed by atoms with van der Waals surface area (Å²) >= 11 is 0. The van der Waals surface area contributed by atoms with Crippen LogP contribution in [-0.4, -0.2) is 74.0 Å². The fraction of sp³-hybridized carbons (Fsp3) is 0.875. The van der Waals surface area contributed by atoms with Gasteiger partial charge in [-0.25, -0.2) is 0 Å². The molecule has 4 fully saturated rings. The SMILES string of the molecule is CC(C(N)=O)C1CCCCN1.CC(C(N)=O)C1CCCCN1.CC(C(N)=O)C1CCCCN1.CC(C(N)=O)C1CCCCN1. The Morgan fingerprint density at radius 1 is 0.409 bits per heavy atom. The molecule has 0 radical (unpaired) electrons. The Hall–Kier alpha value is -2.28. The number of rotatable bonds is 8. The summed E-state index contributed by atoms with van der Waals surface area (Å²) in [6.07, 6.45) is 14.1. The molecule has 4 saturated heterocycles. The lowest BCUT2D eigenvalue weighted by atomic mass is 9.93. The summed E-state index contributed by atoms with van der Waals surface area (Å²) in [6, 6.07) is 1.28. The molecule has 0 aliphatic carbocycles. The molecule has 0 saturated carbocycles. The monoisotopic (exact) mass is 625 g/mol. The lowest BCUT2D eigenvalue weighted by Gasteiger charge is -2.26. The fourth-order valence-corrected chi connectivity index (χ4v) is 6.02. The summed E-state index contributed by atoms with van der Waals surface area (Å²) in [5.74, 6) is -0.834. The van der Waals surface area contributed by atoms with Crippen molar-refractivity contribution in [3.8, 4) is 0 Å². The van der Waals surface area contributed by atoms with E-state index in [-0.39, 0.29) is 47.3 Å². The fourth-order valence-electron chi connectivity index (χ4n) is 6.02. The number of primary amides is 4. The highest BCUT2D eigenvalue weighted by Gasteiger charge is 2.25. The highest BCUT2D eigenvalue weighted by atomic mass is 16.2. The Morgan fingerprint density at radius 2 is 0.591 bits per heavy atom. The van der Waals surface area contributed by atoms with Gasteiger partial charge in [-0.3, -0.25) is 19.2 Å². The van der Waals surface area contributed by atoms with Gasteiger partial charge in [0.15, 0.2) is 0 Å². The summed E-state index contributed by atoms with van der Waals surface area (Å²) in [5, 5.41) is 13.2. The zero-order valence-electron chi connectivity index (χ0n) is 27.9. The largest absolute Gasteiger partial charge is 0.369 e. The topological polar surface area (TPSA) is 220 Å². The minimum absolute atomic E-state index is 0.0182. The van der Waals surface area contributed by atoms with Gasteiger partial charge in [0.05, 0.1) is 23.7 Å². The lowest BCUT2D eigenvalue weighted by molar-refractivity contribution is -0.123. The number of nitrogens with two attached hydrogens (primary N) is 4. The van der Waals surface area contributed by atoms with Crippen LogP contribution in [0.1, 0.15) is 105 Å². The first kappa shape index (κ1) is 39.7. The molecule has 8 unspecified atom stereocenters. The van der Waals surface area contributed by atoms with Gasteiger partial charge in [0.25, 0.3) is 0 Å². The Bertz CT molecular complexity index is 700. The molecule has 4 aliphatic rings. The molecule has 4 amide bonds. The Morgan fingerprint density at radius 3 is 0.705 bits per heavy atom. The van der Waals surface area contributed by atoms with Crippen molar-refractivity contribution in [2.75, 3.05) is 26.2 Å². The van der Waals surface area contributed by atoms with Crippen molar-refractivity contribution in [1.82, 2.24) is 21.3 Å². The predicted octanol–water partition coefficient (Wildman–Crippen LogP) is 1.000. The van der Waals surface area contributed by atoms with Gasteiger partial charge in [0.1, 0.15) is 0 Å². The molecule has 0 aromatic carbocycles. The maximum absolute atomic E-state index is 10.8. The van der Waals surface area contributed by atoms with Crippen molar-refractivity contribution in [3.63, 3.8) is 0 Å². The molecular formula is C32H64N8O4. The molecule has 8 atom stereocenters. The van der Waals surface area contributed by atoms with E-state index in [1.54, 1.807) is 0 Å². The number of hydrogen-bond acceptors (Lipinski definition) is 8. The van der Waals surface area contributed by atoms with Crippen LogP contribution in [0.15, 0.2) is 0 Å². The zero-order valence-corrected chi connectivity index (χ0v) is 27.9. The highest BCUT2D eigenvalue weighted by Crippen LogP contribution is 2.16. The summed E-state index contributed by atoms with van der Waals surface area (Å²) in [7, 11) is 0. The van der Waals surface area contributed by atoms with E-state index < -0.39 is 0 Å². The molecule has 12 nitrogen and oxygen atoms in total. The van der Waals surface area contributed by atoms with Crippen molar-refractivity contribution in [3.05, 3.63) is 0 Å². The van der Waals surface area contributed by atoms with Crippen LogP contribution in [0, 0.1) is 23.7 Å². The molecule has 0 spiro atoms. The van der Waals surface area contributed by atoms with Crippen LogP contribution in [0.25, 0.3) is 0 Å². The number of nitrogens with one attached hydrogen (secondary N) is 4. The second-order valence-electron chi connectivity index (χ2n) is 13.0. The molecule has 4 aliphatic heterocycles. The van der Waals surface area contributed by atoms with Crippen LogP contribution in [0.4, 0.5) is 0 Å². The quantitative estimate of drug-likeness (QED) is 0.194. The van der Waals surface area contributed by atoms with Gasteiger partial charge >= 0.3 is 0 Å². The van der Waals surface area contributed by atoms with Crippen LogP contribution in [0.3, 0.4) is 0 Å². The van der Waals surface area contributed by atoms with Gasteiger partial charge in [-0.05, 0) is 77.5 Å². The summed E-state index contributed by atoms with van der Waals surface area (Å²) in [4.78, 5) is 43.1. The van der Waals surface area contributed by atoms with E-state index in [0.29, 0.717) is 24.2 Å². The van der Waals surface area contributed by atoms with Crippen molar-refractivity contribution in [2.24, 2.45) is 46.6 Å². The van der Waals surface area contributed by atoms with Crippen LogP contribution in [0.5, 0.6) is 0 Å². The molecule has 4 rings (SSSR count). The van der Waals surface area contributed by atoms with Crippen molar-refractivity contribution in [2.45, 2.75) is 129 Å². The minimum atomic E-state index is -0.190. The van der Waals surface area contributed by atoms with Gasteiger partial charge in [-0.2, -0.15) is 0 Å². The van der Waals surface area contributed by atoms with E-state index in [1.807, 2.05) is 27.7 Å². The molecule has 12 heteroatoms. The summed E-state index contributed by atoms with van der Waals surface area (Å²) in [6.45, 7) is 11.7. The summed E-state index contributed by atoms with van der Waals surface area (Å²) in [5.41, 5.74) is 20.8. The molecule has 0 aromatic rings. The second kappa shape index (κ2) is 22.3. The minimum Gasteiger partial charge on any atom is -0.369 e. The van der Waals surface area contributed by atoms with Gasteiger partial charge in [0, 0.05) is 24.2 Å². The number of carbonyl (C=O) groups excluding carboxylic acids is 4. The van der Waals surface area contributed by atoms with Crippen LogP contribution < -0.4 is 44.2 Å². The standard InChI is InChI=1S/4C8H16N2O/c4*1-6(8(9)11)7-4-2-3-5-10-7/h4*6-7,10H,2-5H2,1H3,(H2,9,11). The van der Waals surface area contributed by atoms with E-state index in [1.165, 1.54) is 51.4 Å². The van der Waals surface area contributed by atoms with Crippen LogP contribution in [0.2, 0.25) is 0 Å². The molecule has 0 bridgehead atoms. The average molecular weight is 625 g/mol. The maximum Gasteiger partial charge on any atom is 0.221 e. The smallest absolute Gasteiger partial charge is 0.221 e. The molecule has 4 heterocycles. The normalized spacial score (nSPS) is 27.9. The third kappa shape index (κ3) is 15.6. The Kier molecular flexibility index (Phi) is 20.1. The average Bonchev–Trinajstić information content (AvgIpc) is 3.05. The first-order valence-corrected chi connectivity index (χ1v) is 17.0. The van der Waals surface area contributed by atoms with Gasteiger partial charge in [-0.1, -0.05) is 53.4 Å². The zero-order chi connectivity index (χ0) is 33.1. The van der Waals surface area contributed by atoms with Crippen LogP contribution in [-0.2, 0) is 19.2 Å². The van der Waals surface area contributed by atoms with Gasteiger partial charge in [0.2, 0.25) is 23.6 Å². The van der Waals surface area contributed by atoms with E-state index >= 15 is 0 Å². The Labute approximate surface area is 265 Å². The lowest BCUT2D eigenvalue weighted by Crippen LogP contribution is -2.43. The predicted molar refractivity (Wildman–Crippen MR) is 176 cm³/mol. The molecular weight excluding hydrogens is 560 g/mol. The van der Waals surface area contributed by atoms with E-state index in [4.69, 9.17) is 22.9 Å². The number of hydrogen-bond donors (Lipinski definition) is 8. The van der Waals surface area contributed by atoms with E-state index in [2.05, 4.69) is 21.3 Å². The molecule has 0 aromatic heterocycles. The van der Waals surface area contributed by atoms with Crippen molar-refractivity contribution < 1.29 is 19.2 Å². The molecule has 12 N–H and O–H groups in total. The van der Waals surface area contributed by atoms with Crippen molar-refractivity contribution in [1.29, 1.82) is 0 Å².